The second-order valence-electron chi connectivity index (χ2n) is 2.38. The molecule has 0 saturated carbocycles. The van der Waals surface area contributed by atoms with Gasteiger partial charge in [-0.05, 0) is 18.4 Å². The molecule has 0 rings (SSSR count). The average molecular weight is 122 g/mol. The van der Waals surface area contributed by atoms with Crippen LogP contribution in [0.4, 0.5) is 0 Å². The third-order valence-electron chi connectivity index (χ3n) is 1.41. The van der Waals surface area contributed by atoms with Crippen LogP contribution in [0.2, 0.25) is 0 Å². The first kappa shape index (κ1) is 8.30. The van der Waals surface area contributed by atoms with Crippen molar-refractivity contribution < 1.29 is 0 Å². The summed E-state index contributed by atoms with van der Waals surface area (Å²) in [5.41, 5.74) is 1.05. The molecule has 0 aromatic carbocycles. The van der Waals surface area contributed by atoms with E-state index >= 15 is 0 Å². The molecule has 0 heterocycles. The molecule has 1 unspecified atom stereocenters. The Balaban J connectivity index is 3.83. The van der Waals surface area contributed by atoms with Crippen LogP contribution in [0.25, 0.3) is 0 Å². The van der Waals surface area contributed by atoms with Gasteiger partial charge in [-0.3, -0.25) is 0 Å². The van der Waals surface area contributed by atoms with Crippen molar-refractivity contribution in [3.63, 3.8) is 0 Å². The second-order valence-corrected chi connectivity index (χ2v) is 2.38. The first-order valence-corrected chi connectivity index (χ1v) is 3.35. The molecular weight excluding hydrogens is 108 g/mol. The van der Waals surface area contributed by atoms with Crippen LogP contribution in [0, 0.1) is 18.3 Å². The molecule has 1 atom stereocenters. The first-order chi connectivity index (χ1) is 4.20. The van der Waals surface area contributed by atoms with E-state index in [-0.39, 0.29) is 0 Å². The van der Waals surface area contributed by atoms with E-state index in [0.29, 0.717) is 5.92 Å². The van der Waals surface area contributed by atoms with Crippen LogP contribution >= 0.6 is 0 Å². The molecule has 0 aliphatic carbocycles. The number of hydrogen-bond donors (Lipinski definition) is 0. The highest BCUT2D eigenvalue weighted by atomic mass is 14.0. The quantitative estimate of drug-likeness (QED) is 0.494. The average Bonchev–Trinajstić information content (AvgIpc) is 1.87. The Morgan fingerprint density at radius 1 is 1.78 bits per heavy atom. The number of allylic oxidation sites excluding steroid dienone is 2. The molecule has 0 aromatic rings. The maximum absolute atomic E-state index is 5.16. The van der Waals surface area contributed by atoms with E-state index < -0.39 is 0 Å². The molecule has 0 bridgehead atoms. The molecule has 0 aliphatic heterocycles. The van der Waals surface area contributed by atoms with E-state index in [9.17, 15) is 0 Å². The lowest BCUT2D eigenvalue weighted by atomic mass is 10.1. The molecular formula is C9H14. The van der Waals surface area contributed by atoms with Crippen molar-refractivity contribution in [2.24, 2.45) is 5.92 Å². The van der Waals surface area contributed by atoms with E-state index in [1.807, 2.05) is 6.92 Å². The van der Waals surface area contributed by atoms with Crippen molar-refractivity contribution >= 4 is 0 Å². The number of rotatable bonds is 2. The van der Waals surface area contributed by atoms with E-state index in [4.69, 9.17) is 6.42 Å². The Kier molecular flexibility index (Phi) is 3.88. The topological polar surface area (TPSA) is 0 Å². The van der Waals surface area contributed by atoms with Crippen LogP contribution in [0.1, 0.15) is 27.2 Å². The van der Waals surface area contributed by atoms with Crippen molar-refractivity contribution in [1.82, 2.24) is 0 Å². The first-order valence-electron chi connectivity index (χ1n) is 3.35. The van der Waals surface area contributed by atoms with E-state index in [1.54, 1.807) is 0 Å². The van der Waals surface area contributed by atoms with Gasteiger partial charge in [0.25, 0.3) is 0 Å². The fourth-order valence-corrected chi connectivity index (χ4v) is 0.593. The summed E-state index contributed by atoms with van der Waals surface area (Å²) in [7, 11) is 0. The summed E-state index contributed by atoms with van der Waals surface area (Å²) in [5.74, 6) is 3.22. The summed E-state index contributed by atoms with van der Waals surface area (Å²) >= 11 is 0. The van der Waals surface area contributed by atoms with Crippen molar-refractivity contribution in [3.05, 3.63) is 11.6 Å². The molecule has 0 aromatic heterocycles. The lowest BCUT2D eigenvalue weighted by Crippen LogP contribution is -1.85. The van der Waals surface area contributed by atoms with Gasteiger partial charge in [-0.2, -0.15) is 0 Å². The SMILES string of the molecule is C#C/C(C)=C/C(C)CC. The van der Waals surface area contributed by atoms with Crippen molar-refractivity contribution in [3.8, 4) is 12.3 Å². The van der Waals surface area contributed by atoms with Crippen LogP contribution in [-0.2, 0) is 0 Å². The highest BCUT2D eigenvalue weighted by Crippen LogP contribution is 2.04. The molecule has 0 N–H and O–H groups in total. The van der Waals surface area contributed by atoms with Crippen LogP contribution < -0.4 is 0 Å². The van der Waals surface area contributed by atoms with Gasteiger partial charge in [-0.15, -0.1) is 6.42 Å². The zero-order valence-corrected chi connectivity index (χ0v) is 6.44. The third-order valence-corrected chi connectivity index (χ3v) is 1.41. The van der Waals surface area contributed by atoms with E-state index in [0.717, 1.165) is 5.57 Å². The normalized spacial score (nSPS) is 14.7. The minimum atomic E-state index is 0.626. The highest BCUT2D eigenvalue weighted by Gasteiger charge is 1.91. The maximum atomic E-state index is 5.16. The van der Waals surface area contributed by atoms with Crippen molar-refractivity contribution in [2.45, 2.75) is 27.2 Å². The molecule has 9 heavy (non-hydrogen) atoms. The minimum absolute atomic E-state index is 0.626. The monoisotopic (exact) mass is 122 g/mol. The van der Waals surface area contributed by atoms with Crippen molar-refractivity contribution in [1.29, 1.82) is 0 Å². The van der Waals surface area contributed by atoms with Gasteiger partial charge in [0.15, 0.2) is 0 Å². The molecule has 0 radical (unpaired) electrons. The van der Waals surface area contributed by atoms with Crippen LogP contribution in [-0.4, -0.2) is 0 Å². The molecule has 0 amide bonds. The highest BCUT2D eigenvalue weighted by molar-refractivity contribution is 5.22. The van der Waals surface area contributed by atoms with E-state index in [1.165, 1.54) is 6.42 Å². The van der Waals surface area contributed by atoms with Gasteiger partial charge in [0, 0.05) is 0 Å². The Morgan fingerprint density at radius 2 is 2.33 bits per heavy atom. The van der Waals surface area contributed by atoms with Gasteiger partial charge >= 0.3 is 0 Å². The number of hydrogen-bond acceptors (Lipinski definition) is 0. The fraction of sp³-hybridized carbons (Fsp3) is 0.556. The lowest BCUT2D eigenvalue weighted by molar-refractivity contribution is 0.695. The standard InChI is InChI=1S/C9H14/c1-5-8(3)7-9(4)6-2/h1,7,9H,6H2,2-4H3/b8-7+. The van der Waals surface area contributed by atoms with Gasteiger partial charge in [-0.1, -0.05) is 32.3 Å². The van der Waals surface area contributed by atoms with Gasteiger partial charge in [0.2, 0.25) is 0 Å². The Hall–Kier alpha value is -0.700. The second kappa shape index (κ2) is 4.21. The molecule has 0 fully saturated rings. The van der Waals surface area contributed by atoms with E-state index in [2.05, 4.69) is 25.8 Å². The summed E-state index contributed by atoms with van der Waals surface area (Å²) in [4.78, 5) is 0. The zero-order valence-electron chi connectivity index (χ0n) is 6.44. The predicted molar refractivity (Wildman–Crippen MR) is 42.0 cm³/mol. The molecule has 0 spiro atoms. The molecule has 0 heteroatoms. The largest absolute Gasteiger partial charge is 0.115 e. The third kappa shape index (κ3) is 3.85. The summed E-state index contributed by atoms with van der Waals surface area (Å²) in [5, 5.41) is 0. The fourth-order valence-electron chi connectivity index (χ4n) is 0.593. The van der Waals surface area contributed by atoms with Gasteiger partial charge in [0.1, 0.15) is 0 Å². The number of terminal acetylenes is 1. The molecule has 50 valence electrons. The lowest BCUT2D eigenvalue weighted by Gasteiger charge is -1.99. The van der Waals surface area contributed by atoms with Crippen LogP contribution in [0.15, 0.2) is 11.6 Å². The zero-order chi connectivity index (χ0) is 7.28. The van der Waals surface area contributed by atoms with Gasteiger partial charge in [-0.25, -0.2) is 0 Å². The van der Waals surface area contributed by atoms with Crippen LogP contribution in [0.5, 0.6) is 0 Å². The Bertz CT molecular complexity index is 135. The predicted octanol–water partition coefficient (Wildman–Crippen LogP) is 2.61. The Morgan fingerprint density at radius 3 is 2.67 bits per heavy atom. The van der Waals surface area contributed by atoms with Gasteiger partial charge in [0.05, 0.1) is 0 Å². The summed E-state index contributed by atoms with van der Waals surface area (Å²) < 4.78 is 0. The summed E-state index contributed by atoms with van der Waals surface area (Å²) in [6.07, 6.45) is 8.45. The molecule has 0 aliphatic rings. The van der Waals surface area contributed by atoms with Crippen LogP contribution in [0.3, 0.4) is 0 Å². The maximum Gasteiger partial charge on any atom is -0.00506 e. The van der Waals surface area contributed by atoms with Gasteiger partial charge < -0.3 is 0 Å². The molecule has 0 nitrogen and oxygen atoms in total. The van der Waals surface area contributed by atoms with Crippen molar-refractivity contribution in [2.75, 3.05) is 0 Å². The smallest absolute Gasteiger partial charge is 0.00506 e. The summed E-state index contributed by atoms with van der Waals surface area (Å²) in [6.45, 7) is 6.29. The molecule has 0 saturated heterocycles. The minimum Gasteiger partial charge on any atom is -0.115 e. The summed E-state index contributed by atoms with van der Waals surface area (Å²) in [6, 6.07) is 0. The Labute approximate surface area is 58.0 Å².